The van der Waals surface area contributed by atoms with Gasteiger partial charge in [0.15, 0.2) is 0 Å². The Morgan fingerprint density at radius 2 is 2.13 bits per heavy atom. The fraction of sp³-hybridized carbons (Fsp3) is 0.529. The summed E-state index contributed by atoms with van der Waals surface area (Å²) >= 11 is 1.82. The van der Waals surface area contributed by atoms with Crippen molar-refractivity contribution in [2.45, 2.75) is 45.4 Å². The molecule has 4 rings (SSSR count). The van der Waals surface area contributed by atoms with Crippen molar-refractivity contribution in [2.75, 3.05) is 13.1 Å². The lowest BCUT2D eigenvalue weighted by atomic mass is 10.2. The molecule has 2 aliphatic heterocycles. The van der Waals surface area contributed by atoms with Crippen molar-refractivity contribution in [2.24, 2.45) is 0 Å². The van der Waals surface area contributed by atoms with Gasteiger partial charge in [0.25, 0.3) is 0 Å². The number of aromatic nitrogens is 2. The predicted octanol–water partition coefficient (Wildman–Crippen LogP) is 2.47. The molecule has 0 radical (unpaired) electrons. The first-order valence-electron chi connectivity index (χ1n) is 8.35. The highest BCUT2D eigenvalue weighted by atomic mass is 32.1. The second-order valence-corrected chi connectivity index (χ2v) is 7.43. The number of fused-ring (bicyclic) bond motifs is 1. The molecule has 2 aromatic rings. The number of rotatable bonds is 4. The Balaban J connectivity index is 1.51. The molecular formula is C17H22N4OS. The van der Waals surface area contributed by atoms with E-state index in [2.05, 4.69) is 32.0 Å². The summed E-state index contributed by atoms with van der Waals surface area (Å²) in [4.78, 5) is 22.4. The van der Waals surface area contributed by atoms with Crippen molar-refractivity contribution in [3.8, 4) is 0 Å². The van der Waals surface area contributed by atoms with Crippen LogP contribution in [-0.4, -0.2) is 38.3 Å². The van der Waals surface area contributed by atoms with Crippen LogP contribution in [0.25, 0.3) is 0 Å². The molecule has 2 aromatic heterocycles. The SMILES string of the molecule is O=C1CCCN1Cc1ncn2c1CN(Cc1cccs1)CCC2. The molecule has 1 saturated heterocycles. The van der Waals surface area contributed by atoms with E-state index in [1.807, 2.05) is 22.6 Å². The smallest absolute Gasteiger partial charge is 0.222 e. The first-order valence-corrected chi connectivity index (χ1v) is 9.23. The largest absolute Gasteiger partial charge is 0.337 e. The predicted molar refractivity (Wildman–Crippen MR) is 89.9 cm³/mol. The van der Waals surface area contributed by atoms with Crippen LogP contribution in [-0.2, 0) is 31.0 Å². The third-order valence-corrected chi connectivity index (χ3v) is 5.61. The summed E-state index contributed by atoms with van der Waals surface area (Å²) in [6, 6.07) is 4.32. The normalized spacial score (nSPS) is 19.1. The molecule has 0 saturated carbocycles. The van der Waals surface area contributed by atoms with Gasteiger partial charge in [-0.05, 0) is 24.3 Å². The summed E-state index contributed by atoms with van der Waals surface area (Å²) in [6.45, 7) is 5.62. The fourth-order valence-electron chi connectivity index (χ4n) is 3.52. The van der Waals surface area contributed by atoms with Crippen LogP contribution < -0.4 is 0 Å². The van der Waals surface area contributed by atoms with Crippen LogP contribution in [0.5, 0.6) is 0 Å². The monoisotopic (exact) mass is 330 g/mol. The molecule has 0 N–H and O–H groups in total. The van der Waals surface area contributed by atoms with Gasteiger partial charge >= 0.3 is 0 Å². The number of hydrogen-bond donors (Lipinski definition) is 0. The zero-order valence-corrected chi connectivity index (χ0v) is 14.1. The average molecular weight is 330 g/mol. The van der Waals surface area contributed by atoms with E-state index in [1.165, 1.54) is 10.6 Å². The number of likely N-dealkylation sites (tertiary alicyclic amines) is 1. The van der Waals surface area contributed by atoms with Crippen molar-refractivity contribution >= 4 is 17.2 Å². The molecule has 23 heavy (non-hydrogen) atoms. The van der Waals surface area contributed by atoms with Crippen LogP contribution in [0.2, 0.25) is 0 Å². The number of thiophene rings is 1. The number of hydrogen-bond acceptors (Lipinski definition) is 4. The highest BCUT2D eigenvalue weighted by Gasteiger charge is 2.24. The highest BCUT2D eigenvalue weighted by molar-refractivity contribution is 7.09. The number of nitrogens with zero attached hydrogens (tertiary/aromatic N) is 4. The van der Waals surface area contributed by atoms with Crippen molar-refractivity contribution < 1.29 is 4.79 Å². The maximum absolute atomic E-state index is 11.9. The van der Waals surface area contributed by atoms with Crippen molar-refractivity contribution in [1.82, 2.24) is 19.4 Å². The number of amides is 1. The highest BCUT2D eigenvalue weighted by Crippen LogP contribution is 2.22. The van der Waals surface area contributed by atoms with Crippen molar-refractivity contribution in [1.29, 1.82) is 0 Å². The van der Waals surface area contributed by atoms with E-state index in [-0.39, 0.29) is 5.91 Å². The van der Waals surface area contributed by atoms with Gasteiger partial charge in [-0.3, -0.25) is 9.69 Å². The van der Waals surface area contributed by atoms with Crippen LogP contribution >= 0.6 is 11.3 Å². The summed E-state index contributed by atoms with van der Waals surface area (Å²) in [5, 5.41) is 2.14. The molecule has 0 unspecified atom stereocenters. The summed E-state index contributed by atoms with van der Waals surface area (Å²) in [6.07, 6.45) is 4.79. The molecule has 1 amide bonds. The van der Waals surface area contributed by atoms with Crippen LogP contribution in [0, 0.1) is 0 Å². The number of imidazole rings is 1. The van der Waals surface area contributed by atoms with E-state index in [0.29, 0.717) is 13.0 Å². The van der Waals surface area contributed by atoms with Crippen LogP contribution in [0.1, 0.15) is 35.5 Å². The zero-order valence-electron chi connectivity index (χ0n) is 13.3. The standard InChI is InChI=1S/C17H22N4OS/c22-17-5-1-7-20(17)11-15-16-12-19(10-14-4-2-9-23-14)6-3-8-21(16)13-18-15/h2,4,9,13H,1,3,5-8,10-12H2. The molecule has 1 fully saturated rings. The maximum Gasteiger partial charge on any atom is 0.222 e. The molecule has 0 atom stereocenters. The topological polar surface area (TPSA) is 41.4 Å². The first-order chi connectivity index (χ1) is 11.3. The Hall–Kier alpha value is -1.66. The van der Waals surface area contributed by atoms with Gasteiger partial charge in [-0.25, -0.2) is 4.98 Å². The fourth-order valence-corrected chi connectivity index (χ4v) is 4.27. The first kappa shape index (κ1) is 14.9. The van der Waals surface area contributed by atoms with E-state index < -0.39 is 0 Å². The summed E-state index contributed by atoms with van der Waals surface area (Å²) in [5.74, 6) is 0.274. The molecule has 2 aliphatic rings. The summed E-state index contributed by atoms with van der Waals surface area (Å²) in [7, 11) is 0. The molecule has 5 nitrogen and oxygen atoms in total. The summed E-state index contributed by atoms with van der Waals surface area (Å²) < 4.78 is 2.28. The van der Waals surface area contributed by atoms with Crippen molar-refractivity contribution in [3.63, 3.8) is 0 Å². The van der Waals surface area contributed by atoms with E-state index in [9.17, 15) is 4.79 Å². The van der Waals surface area contributed by atoms with E-state index in [1.54, 1.807) is 0 Å². The molecule has 0 aromatic carbocycles. The van der Waals surface area contributed by atoms with Gasteiger partial charge in [0.2, 0.25) is 5.91 Å². The molecule has 0 spiro atoms. The molecular weight excluding hydrogens is 308 g/mol. The minimum Gasteiger partial charge on any atom is -0.337 e. The Labute approximate surface area is 140 Å². The third kappa shape index (κ3) is 3.19. The lowest BCUT2D eigenvalue weighted by molar-refractivity contribution is -0.128. The van der Waals surface area contributed by atoms with Gasteiger partial charge in [0.1, 0.15) is 0 Å². The Kier molecular flexibility index (Phi) is 4.18. The van der Waals surface area contributed by atoms with E-state index in [4.69, 9.17) is 0 Å². The molecule has 122 valence electrons. The number of carbonyl (C=O) groups excluding carboxylic acids is 1. The van der Waals surface area contributed by atoms with Crippen LogP contribution in [0.15, 0.2) is 23.8 Å². The molecule has 0 bridgehead atoms. The van der Waals surface area contributed by atoms with Gasteiger partial charge in [0.05, 0.1) is 24.3 Å². The number of carbonyl (C=O) groups is 1. The van der Waals surface area contributed by atoms with Gasteiger partial charge in [-0.15, -0.1) is 11.3 Å². The minimum absolute atomic E-state index is 0.274. The lowest BCUT2D eigenvalue weighted by Crippen LogP contribution is -2.26. The van der Waals surface area contributed by atoms with E-state index >= 15 is 0 Å². The minimum atomic E-state index is 0.274. The third-order valence-electron chi connectivity index (χ3n) is 4.75. The average Bonchev–Trinajstić information content (AvgIpc) is 3.23. The van der Waals surface area contributed by atoms with Gasteiger partial charge < -0.3 is 9.47 Å². The Morgan fingerprint density at radius 1 is 1.17 bits per heavy atom. The van der Waals surface area contributed by atoms with Gasteiger partial charge in [-0.2, -0.15) is 0 Å². The molecule has 6 heteroatoms. The quantitative estimate of drug-likeness (QED) is 0.865. The zero-order chi connectivity index (χ0) is 15.6. The second-order valence-electron chi connectivity index (χ2n) is 6.39. The second kappa shape index (κ2) is 6.45. The van der Waals surface area contributed by atoms with Gasteiger partial charge in [0, 0.05) is 44.0 Å². The number of aryl methyl sites for hydroxylation is 1. The van der Waals surface area contributed by atoms with Crippen molar-refractivity contribution in [3.05, 3.63) is 40.1 Å². The molecule has 4 heterocycles. The Bertz CT molecular complexity index is 679. The summed E-state index contributed by atoms with van der Waals surface area (Å²) in [5.41, 5.74) is 2.37. The lowest BCUT2D eigenvalue weighted by Gasteiger charge is -2.20. The van der Waals surface area contributed by atoms with Gasteiger partial charge in [-0.1, -0.05) is 6.07 Å². The van der Waals surface area contributed by atoms with Crippen LogP contribution in [0.3, 0.4) is 0 Å². The Morgan fingerprint density at radius 3 is 2.91 bits per heavy atom. The van der Waals surface area contributed by atoms with E-state index in [0.717, 1.165) is 51.3 Å². The maximum atomic E-state index is 11.9. The molecule has 0 aliphatic carbocycles. The van der Waals surface area contributed by atoms with Crippen LogP contribution in [0.4, 0.5) is 0 Å².